The van der Waals surface area contributed by atoms with Gasteiger partial charge in [-0.05, 0) is 69.7 Å². The zero-order valence-electron chi connectivity index (χ0n) is 19.8. The molecule has 3 aromatic heterocycles. The maximum Gasteiger partial charge on any atom is 0.573 e. The quantitative estimate of drug-likeness (QED) is 0.397. The summed E-state index contributed by atoms with van der Waals surface area (Å²) in [7, 11) is 2.15. The number of H-pyrrole nitrogens is 1. The first-order chi connectivity index (χ1) is 17.2. The van der Waals surface area contributed by atoms with Crippen molar-refractivity contribution in [2.45, 2.75) is 38.6 Å². The standard InChI is InChI=1S/C24H24F3N7O2/c1-15-29-21(23-31-30-22(35-23)18-3-5-19(6-4-18)36-24(25,26)27)32-34(15)14-16-7-10-28-20(13-16)17-8-11-33(2)12-9-17/h3-7,10,13,17H,8-9,11-12,14H2,1-2H3/p+1. The molecule has 0 saturated carbocycles. The maximum atomic E-state index is 12.4. The molecule has 9 nitrogen and oxygen atoms in total. The van der Waals surface area contributed by atoms with Gasteiger partial charge in [-0.3, -0.25) is 0 Å². The number of hydrogen-bond acceptors (Lipinski definition) is 7. The fraction of sp³-hybridized carbons (Fsp3) is 0.375. The number of alkyl halides is 3. The van der Waals surface area contributed by atoms with Crippen molar-refractivity contribution in [2.24, 2.45) is 0 Å². The van der Waals surface area contributed by atoms with Crippen molar-refractivity contribution in [3.05, 3.63) is 59.7 Å². The number of aromatic amines is 1. The molecule has 0 bridgehead atoms. The number of aryl methyl sites for hydroxylation is 1. The van der Waals surface area contributed by atoms with E-state index in [9.17, 15) is 13.2 Å². The second kappa shape index (κ2) is 9.69. The van der Waals surface area contributed by atoms with Gasteiger partial charge in [0.25, 0.3) is 5.89 Å². The predicted molar refractivity (Wildman–Crippen MR) is 122 cm³/mol. The second-order valence-corrected chi connectivity index (χ2v) is 8.85. The number of halogens is 3. The minimum absolute atomic E-state index is 0.121. The third-order valence-electron chi connectivity index (χ3n) is 6.19. The van der Waals surface area contributed by atoms with Crippen molar-refractivity contribution < 1.29 is 27.3 Å². The van der Waals surface area contributed by atoms with Crippen LogP contribution in [-0.4, -0.2) is 56.4 Å². The van der Waals surface area contributed by atoms with Gasteiger partial charge in [-0.1, -0.05) is 0 Å². The number of nitrogens with zero attached hydrogens (tertiary/aromatic N) is 6. The first-order valence-electron chi connectivity index (χ1n) is 11.5. The van der Waals surface area contributed by atoms with E-state index in [1.807, 2.05) is 19.2 Å². The molecule has 4 aromatic rings. The average Bonchev–Trinajstić information content (AvgIpc) is 3.47. The Kier molecular flexibility index (Phi) is 6.44. The lowest BCUT2D eigenvalue weighted by Crippen LogP contribution is -2.31. The topological polar surface area (TPSA) is 96.2 Å². The zero-order valence-corrected chi connectivity index (χ0v) is 19.8. The molecule has 1 saturated heterocycles. The molecule has 12 heteroatoms. The third-order valence-corrected chi connectivity index (χ3v) is 6.19. The molecular formula is C24H25F3N7O2+. The molecule has 1 aliphatic rings. The number of aromatic nitrogens is 6. The third kappa shape index (κ3) is 5.54. The normalized spacial score (nSPS) is 15.4. The first kappa shape index (κ1) is 23.9. The van der Waals surface area contributed by atoms with Gasteiger partial charge in [-0.2, -0.15) is 0 Å². The van der Waals surface area contributed by atoms with Crippen molar-refractivity contribution >= 4 is 0 Å². The number of hydrogen-bond donors (Lipinski definition) is 0. The smallest absolute Gasteiger partial charge is 0.413 e. The highest BCUT2D eigenvalue weighted by Gasteiger charge is 2.31. The van der Waals surface area contributed by atoms with Gasteiger partial charge in [0.2, 0.25) is 11.7 Å². The number of rotatable bonds is 6. The Morgan fingerprint density at radius 3 is 2.53 bits per heavy atom. The predicted octanol–water partition coefficient (Wildman–Crippen LogP) is 3.87. The van der Waals surface area contributed by atoms with E-state index >= 15 is 0 Å². The van der Waals surface area contributed by atoms with Crippen LogP contribution < -0.4 is 9.72 Å². The van der Waals surface area contributed by atoms with Gasteiger partial charge in [-0.15, -0.1) is 28.5 Å². The van der Waals surface area contributed by atoms with Crippen LogP contribution in [0.15, 0.2) is 47.0 Å². The fourth-order valence-electron chi connectivity index (χ4n) is 4.25. The van der Waals surface area contributed by atoms with E-state index in [4.69, 9.17) is 4.42 Å². The molecule has 0 aliphatic carbocycles. The summed E-state index contributed by atoms with van der Waals surface area (Å²) >= 11 is 0. The number of ether oxygens (including phenoxy) is 1. The minimum atomic E-state index is -4.76. The summed E-state index contributed by atoms with van der Waals surface area (Å²) in [5, 5.41) is 12.5. The highest BCUT2D eigenvalue weighted by atomic mass is 19.4. The summed E-state index contributed by atoms with van der Waals surface area (Å²) < 4.78 is 48.4. The number of nitrogens with one attached hydrogen (secondary N) is 1. The van der Waals surface area contributed by atoms with E-state index in [-0.39, 0.29) is 23.4 Å². The lowest BCUT2D eigenvalue weighted by molar-refractivity contribution is -0.393. The van der Waals surface area contributed by atoms with E-state index in [1.165, 1.54) is 30.0 Å². The van der Waals surface area contributed by atoms with E-state index in [0.29, 0.717) is 23.9 Å². The van der Waals surface area contributed by atoms with Crippen molar-refractivity contribution in [2.75, 3.05) is 20.1 Å². The van der Waals surface area contributed by atoms with E-state index in [1.54, 1.807) is 4.68 Å². The molecular weight excluding hydrogens is 475 g/mol. The molecule has 5 rings (SSSR count). The largest absolute Gasteiger partial charge is 0.573 e. The number of piperidine rings is 1. The van der Waals surface area contributed by atoms with Crippen LogP contribution in [0, 0.1) is 6.92 Å². The first-order valence-corrected chi connectivity index (χ1v) is 11.5. The van der Waals surface area contributed by atoms with Gasteiger partial charge in [0.1, 0.15) is 11.6 Å². The van der Waals surface area contributed by atoms with Crippen LogP contribution in [0.2, 0.25) is 0 Å². The van der Waals surface area contributed by atoms with Gasteiger partial charge in [0.15, 0.2) is 11.9 Å². The Bertz CT molecular complexity index is 1330. The van der Waals surface area contributed by atoms with Crippen LogP contribution in [0.25, 0.3) is 23.2 Å². The van der Waals surface area contributed by atoms with Crippen LogP contribution in [0.5, 0.6) is 5.75 Å². The van der Waals surface area contributed by atoms with Gasteiger partial charge >= 0.3 is 6.36 Å². The van der Waals surface area contributed by atoms with E-state index in [0.717, 1.165) is 31.5 Å². The summed E-state index contributed by atoms with van der Waals surface area (Å²) in [6.07, 6.45) is -0.541. The number of likely N-dealkylation sites (tertiary alicyclic amines) is 1. The molecule has 0 atom stereocenters. The molecule has 0 spiro atoms. The Labute approximate surface area is 204 Å². The molecule has 36 heavy (non-hydrogen) atoms. The zero-order chi connectivity index (χ0) is 25.3. The molecule has 0 radical (unpaired) electrons. The highest BCUT2D eigenvalue weighted by molar-refractivity contribution is 5.55. The number of benzene rings is 1. The average molecular weight is 501 g/mol. The van der Waals surface area contributed by atoms with Crippen LogP contribution in [0.1, 0.15) is 35.8 Å². The summed E-state index contributed by atoms with van der Waals surface area (Å²) in [6.45, 7) is 4.56. The second-order valence-electron chi connectivity index (χ2n) is 8.85. The summed E-state index contributed by atoms with van der Waals surface area (Å²) in [4.78, 5) is 10.2. The molecule has 188 valence electrons. The summed E-state index contributed by atoms with van der Waals surface area (Å²) in [5.74, 6) is 1.40. The minimum Gasteiger partial charge on any atom is -0.413 e. The Morgan fingerprint density at radius 1 is 1.08 bits per heavy atom. The monoisotopic (exact) mass is 500 g/mol. The van der Waals surface area contributed by atoms with Gasteiger partial charge in [0.05, 0.1) is 6.54 Å². The summed E-state index contributed by atoms with van der Waals surface area (Å²) in [5.41, 5.74) is 2.78. The van der Waals surface area contributed by atoms with Crippen molar-refractivity contribution in [3.8, 4) is 28.9 Å². The highest BCUT2D eigenvalue weighted by Crippen LogP contribution is 2.28. The molecule has 0 amide bonds. The lowest BCUT2D eigenvalue weighted by atomic mass is 9.92. The molecule has 1 aromatic carbocycles. The van der Waals surface area contributed by atoms with Crippen molar-refractivity contribution in [1.29, 1.82) is 0 Å². The molecule has 1 N–H and O–H groups in total. The van der Waals surface area contributed by atoms with Crippen LogP contribution >= 0.6 is 0 Å². The van der Waals surface area contributed by atoms with Gasteiger partial charge in [0, 0.05) is 23.6 Å². The van der Waals surface area contributed by atoms with Crippen LogP contribution in [0.3, 0.4) is 0 Å². The molecule has 1 fully saturated rings. The van der Waals surface area contributed by atoms with E-state index < -0.39 is 6.36 Å². The summed E-state index contributed by atoms with van der Waals surface area (Å²) in [6, 6.07) is 9.39. The molecule has 4 heterocycles. The Hall–Kier alpha value is -3.80. The van der Waals surface area contributed by atoms with Crippen LogP contribution in [0.4, 0.5) is 13.2 Å². The van der Waals surface area contributed by atoms with E-state index in [2.05, 4.69) is 48.0 Å². The lowest BCUT2D eigenvalue weighted by Gasteiger charge is -2.26. The SMILES string of the molecule is Cc1nc(-c2nnc(-c3ccc(OC(F)(F)F)cc3)o2)nn1Cc1cc[nH+]c(C2CCN(C)CC2)c1. The maximum absolute atomic E-state index is 12.4. The van der Waals surface area contributed by atoms with Crippen LogP contribution in [-0.2, 0) is 6.54 Å². The Morgan fingerprint density at radius 2 is 1.81 bits per heavy atom. The molecule has 1 aliphatic heterocycles. The van der Waals surface area contributed by atoms with Gasteiger partial charge in [-0.25, -0.2) is 14.6 Å². The Balaban J connectivity index is 1.29. The molecule has 0 unspecified atom stereocenters. The number of pyridine rings is 1. The van der Waals surface area contributed by atoms with Gasteiger partial charge < -0.3 is 14.1 Å². The fourth-order valence-corrected chi connectivity index (χ4v) is 4.25. The van der Waals surface area contributed by atoms with Crippen molar-refractivity contribution in [1.82, 2.24) is 29.9 Å². The van der Waals surface area contributed by atoms with Crippen molar-refractivity contribution in [3.63, 3.8) is 0 Å².